The van der Waals surface area contributed by atoms with Crippen molar-refractivity contribution in [2.45, 2.75) is 6.92 Å². The largest absolute Gasteiger partial charge is 0.356 e. The number of amides is 1. The first-order valence-corrected chi connectivity index (χ1v) is 4.40. The third-order valence-electron chi connectivity index (χ3n) is 1.97. The van der Waals surface area contributed by atoms with E-state index in [4.69, 9.17) is 0 Å². The van der Waals surface area contributed by atoms with Crippen LogP contribution in [0.5, 0.6) is 0 Å². The zero-order chi connectivity index (χ0) is 11.4. The maximum Gasteiger partial charge on any atom is 0.243 e. The molecule has 4 heteroatoms. The summed E-state index contributed by atoms with van der Waals surface area (Å²) in [7, 11) is 1.46. The number of carbonyl (C=O) groups excluding carboxylic acids is 1. The van der Waals surface area contributed by atoms with E-state index in [9.17, 15) is 13.6 Å². The van der Waals surface area contributed by atoms with Crippen LogP contribution >= 0.6 is 0 Å². The van der Waals surface area contributed by atoms with Gasteiger partial charge >= 0.3 is 0 Å². The topological polar surface area (TPSA) is 29.1 Å². The monoisotopic (exact) mass is 211 g/mol. The number of rotatable bonds is 2. The van der Waals surface area contributed by atoms with Crippen molar-refractivity contribution in [1.29, 1.82) is 0 Å². The molecule has 0 aliphatic carbocycles. The second-order valence-corrected chi connectivity index (χ2v) is 3.05. The van der Waals surface area contributed by atoms with Crippen LogP contribution in [-0.4, -0.2) is 13.0 Å². The summed E-state index contributed by atoms with van der Waals surface area (Å²) in [6.45, 7) is 1.48. The highest BCUT2D eigenvalue weighted by Crippen LogP contribution is 2.16. The Kier molecular flexibility index (Phi) is 3.55. The van der Waals surface area contributed by atoms with E-state index >= 15 is 0 Å². The minimum Gasteiger partial charge on any atom is -0.356 e. The van der Waals surface area contributed by atoms with E-state index in [1.165, 1.54) is 32.2 Å². The molecule has 0 aliphatic rings. The van der Waals surface area contributed by atoms with Crippen molar-refractivity contribution in [3.8, 4) is 0 Å². The van der Waals surface area contributed by atoms with Gasteiger partial charge in [-0.1, -0.05) is 12.1 Å². The molecule has 0 atom stereocenters. The highest BCUT2D eigenvalue weighted by Gasteiger charge is 2.08. The number of nitrogens with one attached hydrogen (secondary N) is 1. The first-order valence-electron chi connectivity index (χ1n) is 4.40. The zero-order valence-corrected chi connectivity index (χ0v) is 8.47. The predicted molar refractivity (Wildman–Crippen MR) is 54.2 cm³/mol. The molecule has 0 unspecified atom stereocenters. The molecule has 0 aliphatic heterocycles. The summed E-state index contributed by atoms with van der Waals surface area (Å²) in [6.07, 6.45) is 2.38. The van der Waals surface area contributed by atoms with Crippen LogP contribution < -0.4 is 5.32 Å². The maximum absolute atomic E-state index is 13.3. The lowest BCUT2D eigenvalue weighted by Gasteiger charge is -2.01. The van der Waals surface area contributed by atoms with Gasteiger partial charge in [-0.25, -0.2) is 8.78 Å². The molecule has 80 valence electrons. The fourth-order valence-electron chi connectivity index (χ4n) is 1.04. The van der Waals surface area contributed by atoms with Crippen molar-refractivity contribution in [1.82, 2.24) is 5.32 Å². The molecule has 2 nitrogen and oxygen atoms in total. The molecule has 1 N–H and O–H groups in total. The van der Waals surface area contributed by atoms with Crippen molar-refractivity contribution in [3.63, 3.8) is 0 Å². The third kappa shape index (κ3) is 2.62. The van der Waals surface area contributed by atoms with Crippen molar-refractivity contribution in [2.75, 3.05) is 7.05 Å². The Morgan fingerprint density at radius 3 is 2.60 bits per heavy atom. The van der Waals surface area contributed by atoms with Gasteiger partial charge in [0.15, 0.2) is 11.6 Å². The molecular weight excluding hydrogens is 200 g/mol. The van der Waals surface area contributed by atoms with Gasteiger partial charge in [0.1, 0.15) is 0 Å². The van der Waals surface area contributed by atoms with E-state index in [0.29, 0.717) is 0 Å². The van der Waals surface area contributed by atoms with E-state index in [-0.39, 0.29) is 17.0 Å². The molecule has 0 aromatic heterocycles. The predicted octanol–water partition coefficient (Wildman–Crippen LogP) is 2.03. The van der Waals surface area contributed by atoms with Gasteiger partial charge in [0.05, 0.1) is 0 Å². The number of aryl methyl sites for hydroxylation is 1. The van der Waals surface area contributed by atoms with Crippen LogP contribution in [0.4, 0.5) is 8.78 Å². The number of halogens is 2. The van der Waals surface area contributed by atoms with Crippen LogP contribution in [0.15, 0.2) is 18.2 Å². The number of hydrogen-bond donors (Lipinski definition) is 1. The lowest BCUT2D eigenvalue weighted by molar-refractivity contribution is -0.115. The van der Waals surface area contributed by atoms with Crippen molar-refractivity contribution >= 4 is 12.0 Å². The average Bonchev–Trinajstić information content (AvgIpc) is 2.24. The molecule has 0 saturated carbocycles. The Hall–Kier alpha value is -1.71. The molecule has 15 heavy (non-hydrogen) atoms. The molecule has 0 spiro atoms. The molecule has 0 heterocycles. The van der Waals surface area contributed by atoms with Crippen LogP contribution in [-0.2, 0) is 4.79 Å². The van der Waals surface area contributed by atoms with Gasteiger partial charge in [-0.05, 0) is 18.6 Å². The van der Waals surface area contributed by atoms with E-state index in [1.807, 2.05) is 0 Å². The van der Waals surface area contributed by atoms with Crippen LogP contribution in [0.3, 0.4) is 0 Å². The van der Waals surface area contributed by atoms with E-state index < -0.39 is 11.6 Å². The molecule has 1 amide bonds. The van der Waals surface area contributed by atoms with Crippen LogP contribution in [0.1, 0.15) is 11.1 Å². The summed E-state index contributed by atoms with van der Waals surface area (Å²) in [5.74, 6) is -2.18. The summed E-state index contributed by atoms with van der Waals surface area (Å²) < 4.78 is 26.3. The zero-order valence-electron chi connectivity index (χ0n) is 8.47. The molecule has 1 aromatic rings. The molecule has 0 saturated heterocycles. The number of hydrogen-bond acceptors (Lipinski definition) is 1. The molecule has 0 bridgehead atoms. The van der Waals surface area contributed by atoms with Gasteiger partial charge in [0.25, 0.3) is 0 Å². The van der Waals surface area contributed by atoms with Gasteiger partial charge < -0.3 is 5.32 Å². The first-order chi connectivity index (χ1) is 7.06. The third-order valence-corrected chi connectivity index (χ3v) is 1.97. The van der Waals surface area contributed by atoms with Gasteiger partial charge in [0.2, 0.25) is 5.91 Å². The normalized spacial score (nSPS) is 10.7. The van der Waals surface area contributed by atoms with Gasteiger partial charge in [0, 0.05) is 18.7 Å². The summed E-state index contributed by atoms with van der Waals surface area (Å²) >= 11 is 0. The summed E-state index contributed by atoms with van der Waals surface area (Å²) in [4.78, 5) is 10.8. The maximum atomic E-state index is 13.3. The second-order valence-electron chi connectivity index (χ2n) is 3.05. The Morgan fingerprint density at radius 2 is 2.00 bits per heavy atom. The number of likely N-dealkylation sites (N-methyl/N-ethyl adjacent to an activating group) is 1. The highest BCUT2D eigenvalue weighted by molar-refractivity contribution is 5.91. The Labute approximate surface area is 86.6 Å². The Bertz CT molecular complexity index is 413. The van der Waals surface area contributed by atoms with Crippen molar-refractivity contribution in [2.24, 2.45) is 0 Å². The van der Waals surface area contributed by atoms with Gasteiger partial charge in [-0.2, -0.15) is 0 Å². The summed E-state index contributed by atoms with van der Waals surface area (Å²) in [6, 6.07) is 2.88. The van der Waals surface area contributed by atoms with E-state index in [2.05, 4.69) is 5.32 Å². The van der Waals surface area contributed by atoms with Gasteiger partial charge in [-0.3, -0.25) is 4.79 Å². The van der Waals surface area contributed by atoms with Crippen LogP contribution in [0, 0.1) is 18.6 Å². The standard InChI is InChI=1S/C11H11F2NO/c1-7-3-4-8(11(13)10(7)12)5-6-9(15)14-2/h3-6H,1-2H3,(H,14,15). The van der Waals surface area contributed by atoms with Crippen LogP contribution in [0.2, 0.25) is 0 Å². The quantitative estimate of drug-likeness (QED) is 0.745. The minimum atomic E-state index is -0.935. The van der Waals surface area contributed by atoms with E-state index in [1.54, 1.807) is 0 Å². The molecule has 1 rings (SSSR count). The SMILES string of the molecule is CNC(=O)C=Cc1ccc(C)c(F)c1F. The minimum absolute atomic E-state index is 0.0571. The summed E-state index contributed by atoms with van der Waals surface area (Å²) in [5, 5.41) is 2.34. The first kappa shape index (κ1) is 11.4. The van der Waals surface area contributed by atoms with Gasteiger partial charge in [-0.15, -0.1) is 0 Å². The van der Waals surface area contributed by atoms with Crippen molar-refractivity contribution < 1.29 is 13.6 Å². The summed E-state index contributed by atoms with van der Waals surface area (Å²) in [5.41, 5.74) is 0.297. The molecule has 1 aromatic carbocycles. The molecular formula is C11H11F2NO. The van der Waals surface area contributed by atoms with E-state index in [0.717, 1.165) is 6.08 Å². The van der Waals surface area contributed by atoms with Crippen molar-refractivity contribution in [3.05, 3.63) is 41.0 Å². The lowest BCUT2D eigenvalue weighted by Crippen LogP contribution is -2.13. The second kappa shape index (κ2) is 4.68. The Balaban J connectivity index is 3.02. The fourth-order valence-corrected chi connectivity index (χ4v) is 1.04. The number of carbonyl (C=O) groups is 1. The fraction of sp³-hybridized carbons (Fsp3) is 0.182. The molecule has 0 fully saturated rings. The Morgan fingerprint density at radius 1 is 1.33 bits per heavy atom. The van der Waals surface area contributed by atoms with Crippen LogP contribution in [0.25, 0.3) is 6.08 Å². The average molecular weight is 211 g/mol. The lowest BCUT2D eigenvalue weighted by atomic mass is 10.1. The highest BCUT2D eigenvalue weighted by atomic mass is 19.2. The smallest absolute Gasteiger partial charge is 0.243 e. The molecule has 0 radical (unpaired) electrons. The number of benzene rings is 1.